The predicted molar refractivity (Wildman–Crippen MR) is 258 cm³/mol. The van der Waals surface area contributed by atoms with Crippen LogP contribution in [0.3, 0.4) is 0 Å². The molecule has 2 rings (SSSR count). The van der Waals surface area contributed by atoms with Crippen LogP contribution in [-0.2, 0) is 58.8 Å². The van der Waals surface area contributed by atoms with Crippen LogP contribution in [0, 0.1) is 23.7 Å². The molecule has 1 aromatic rings. The quantitative estimate of drug-likeness (QED) is 0.0755. The van der Waals surface area contributed by atoms with Gasteiger partial charge >= 0.3 is 5.97 Å². The lowest BCUT2D eigenvalue weighted by atomic mass is 9.89. The van der Waals surface area contributed by atoms with E-state index in [0.717, 1.165) is 5.56 Å². The number of carbonyl (C=O) groups is 5. The number of likely N-dealkylation sites (tertiary alicyclic amines) is 1. The van der Waals surface area contributed by atoms with Gasteiger partial charge in [0.05, 0.1) is 75.7 Å². The third-order valence-electron chi connectivity index (χ3n) is 12.8. The molecule has 0 bridgehead atoms. The number of methoxy groups -OCH3 is 3. The molecule has 0 unspecified atom stereocenters. The molecule has 1 fully saturated rings. The largest absolute Gasteiger partial charge is 0.462 e. The smallest absolute Gasteiger partial charge is 0.329 e. The van der Waals surface area contributed by atoms with E-state index >= 15 is 0 Å². The zero-order valence-electron chi connectivity index (χ0n) is 42.1. The van der Waals surface area contributed by atoms with Crippen molar-refractivity contribution >= 4 is 29.6 Å². The molecule has 0 aliphatic carbocycles. The second kappa shape index (κ2) is 31.4. The van der Waals surface area contributed by atoms with E-state index < -0.39 is 60.2 Å². The Labute approximate surface area is 397 Å². The highest BCUT2D eigenvalue weighted by molar-refractivity contribution is 5.90. The van der Waals surface area contributed by atoms with Crippen LogP contribution < -0.4 is 10.6 Å². The van der Waals surface area contributed by atoms with Crippen molar-refractivity contribution in [2.24, 2.45) is 23.7 Å². The van der Waals surface area contributed by atoms with Crippen molar-refractivity contribution < 1.29 is 52.4 Å². The number of nitrogens with zero attached hydrogens (tertiary/aromatic N) is 3. The number of esters is 1. The number of rotatable bonds is 31. The van der Waals surface area contributed by atoms with Crippen molar-refractivity contribution in [2.75, 3.05) is 81.6 Å². The molecule has 1 saturated heterocycles. The highest BCUT2D eigenvalue weighted by Gasteiger charge is 2.43. The monoisotopic (exact) mass is 936 g/mol. The van der Waals surface area contributed by atoms with E-state index in [9.17, 15) is 24.0 Å². The third-order valence-corrected chi connectivity index (χ3v) is 12.8. The van der Waals surface area contributed by atoms with Gasteiger partial charge in [0.15, 0.2) is 0 Å². The summed E-state index contributed by atoms with van der Waals surface area (Å²) in [5.74, 6) is -2.62. The SMILES string of the molecule is C.CC[C@H](C)[C@@H]([C@@H](CC(=O)N1CCC[C@H]1[C@H](OC)[C@@H](C)C(=O)N[C@@H](Cc1ccccc1)C(=O)OCCOCCOCCOC)OC)N(C)C(=O)[C@@H](NC(=O)[C@H](C(C)C)N(C)C(C)C)C(C)C. The van der Waals surface area contributed by atoms with Crippen molar-refractivity contribution in [1.29, 1.82) is 0 Å². The van der Waals surface area contributed by atoms with E-state index in [1.54, 1.807) is 38.0 Å². The minimum absolute atomic E-state index is 0. The predicted octanol–water partition coefficient (Wildman–Crippen LogP) is 5.00. The first kappa shape index (κ1) is 60.3. The molecule has 16 heteroatoms. The van der Waals surface area contributed by atoms with Crippen LogP contribution in [0.2, 0.25) is 0 Å². The second-order valence-corrected chi connectivity index (χ2v) is 18.4. The van der Waals surface area contributed by atoms with Crippen molar-refractivity contribution in [2.45, 2.75) is 150 Å². The second-order valence-electron chi connectivity index (χ2n) is 18.4. The lowest BCUT2D eigenvalue weighted by molar-refractivity contribution is -0.151. The van der Waals surface area contributed by atoms with Crippen molar-refractivity contribution in [3.63, 3.8) is 0 Å². The number of hydrogen-bond acceptors (Lipinski definition) is 12. The number of amides is 4. The molecule has 0 radical (unpaired) electrons. The van der Waals surface area contributed by atoms with Gasteiger partial charge in [-0.3, -0.25) is 24.1 Å². The summed E-state index contributed by atoms with van der Waals surface area (Å²) in [6, 6.07) is 6.38. The van der Waals surface area contributed by atoms with E-state index in [2.05, 4.69) is 10.6 Å². The van der Waals surface area contributed by atoms with Gasteiger partial charge in [0.1, 0.15) is 18.7 Å². The normalized spacial score (nSPS) is 17.7. The lowest BCUT2D eigenvalue weighted by Crippen LogP contribution is -2.60. The topological polar surface area (TPSA) is 175 Å². The van der Waals surface area contributed by atoms with Gasteiger partial charge in [-0.15, -0.1) is 0 Å². The maximum Gasteiger partial charge on any atom is 0.329 e. The first-order valence-electron chi connectivity index (χ1n) is 23.7. The van der Waals surface area contributed by atoms with E-state index in [4.69, 9.17) is 28.4 Å². The Morgan fingerprint density at radius 1 is 0.788 bits per heavy atom. The van der Waals surface area contributed by atoms with Gasteiger partial charge in [-0.05, 0) is 57.1 Å². The zero-order chi connectivity index (χ0) is 48.8. The van der Waals surface area contributed by atoms with Crippen LogP contribution >= 0.6 is 0 Å². The molecule has 4 amide bonds. The van der Waals surface area contributed by atoms with Gasteiger partial charge in [0.2, 0.25) is 23.6 Å². The van der Waals surface area contributed by atoms with Crippen LogP contribution in [0.15, 0.2) is 30.3 Å². The number of hydrogen-bond donors (Lipinski definition) is 2. The Balaban J connectivity index is 0.0000218. The summed E-state index contributed by atoms with van der Waals surface area (Å²) in [7, 11) is 8.34. The minimum atomic E-state index is -0.982. The first-order chi connectivity index (χ1) is 30.9. The summed E-state index contributed by atoms with van der Waals surface area (Å²) in [6.07, 6.45) is 0.870. The molecule has 0 aromatic heterocycles. The number of ether oxygens (including phenoxy) is 6. The van der Waals surface area contributed by atoms with Crippen LogP contribution in [0.4, 0.5) is 0 Å². The summed E-state index contributed by atoms with van der Waals surface area (Å²) in [5.41, 5.74) is 0.845. The van der Waals surface area contributed by atoms with E-state index in [1.165, 1.54) is 7.11 Å². The summed E-state index contributed by atoms with van der Waals surface area (Å²) >= 11 is 0. The third kappa shape index (κ3) is 18.4. The van der Waals surface area contributed by atoms with Crippen LogP contribution in [0.25, 0.3) is 0 Å². The number of carbonyl (C=O) groups excluding carboxylic acids is 5. The molecule has 2 N–H and O–H groups in total. The number of benzene rings is 1. The Hall–Kier alpha value is -3.67. The summed E-state index contributed by atoms with van der Waals surface area (Å²) in [4.78, 5) is 75.6. The van der Waals surface area contributed by atoms with Crippen LogP contribution in [0.1, 0.15) is 101 Å². The fourth-order valence-electron chi connectivity index (χ4n) is 8.67. The van der Waals surface area contributed by atoms with E-state index in [-0.39, 0.29) is 75.0 Å². The molecule has 0 spiro atoms. The van der Waals surface area contributed by atoms with Crippen molar-refractivity contribution in [1.82, 2.24) is 25.3 Å². The standard InChI is InChI=1S/C49H85N5O11.CH4/c1-15-35(8)44(53(11)48(58)42(32(2)3)51-47(57)43(33(4)5)52(10)34(6)7)40(61-13)31-41(55)54-23-19-22-39(54)45(62-14)36(9)46(56)50-38(30-37-20-17-16-18-21-37)49(59)65-29-28-64-27-26-63-25-24-60-12;/h16-18,20-21,32-36,38-40,42-45H,15,19,22-31H2,1-14H3,(H,50,56)(H,51,57);1H4/t35-,36+,38-,39-,40+,42-,43-,44-,45+;/m0./s1. The highest BCUT2D eigenvalue weighted by atomic mass is 16.6. The molecule has 1 aliphatic heterocycles. The zero-order valence-corrected chi connectivity index (χ0v) is 42.1. The summed E-state index contributed by atoms with van der Waals surface area (Å²) in [5, 5.41) is 6.01. The molecule has 9 atom stereocenters. The Kier molecular flexibility index (Phi) is 28.7. The van der Waals surface area contributed by atoms with Gasteiger partial charge in [-0.25, -0.2) is 4.79 Å². The van der Waals surface area contributed by atoms with E-state index in [0.29, 0.717) is 52.2 Å². The minimum Gasteiger partial charge on any atom is -0.462 e. The number of likely N-dealkylation sites (N-methyl/N-ethyl adjacent to an activating group) is 2. The molecule has 1 heterocycles. The van der Waals surface area contributed by atoms with E-state index in [1.807, 2.05) is 97.7 Å². The summed E-state index contributed by atoms with van der Waals surface area (Å²) in [6.45, 7) is 20.0. The van der Waals surface area contributed by atoms with Crippen LogP contribution in [0.5, 0.6) is 0 Å². The fourth-order valence-corrected chi connectivity index (χ4v) is 8.67. The molecular weight excluding hydrogens is 847 g/mol. The fraction of sp³-hybridized carbons (Fsp3) is 0.780. The summed E-state index contributed by atoms with van der Waals surface area (Å²) < 4.78 is 33.5. The Morgan fingerprint density at radius 3 is 1.92 bits per heavy atom. The average molecular weight is 936 g/mol. The van der Waals surface area contributed by atoms with Gasteiger partial charge < -0.3 is 48.9 Å². The maximum absolute atomic E-state index is 14.5. The maximum atomic E-state index is 14.5. The number of nitrogens with one attached hydrogen (secondary N) is 2. The molecule has 380 valence electrons. The highest BCUT2D eigenvalue weighted by Crippen LogP contribution is 2.30. The molecule has 16 nitrogen and oxygen atoms in total. The van der Waals surface area contributed by atoms with Gasteiger partial charge in [-0.2, -0.15) is 0 Å². The van der Waals surface area contributed by atoms with Crippen LogP contribution in [-0.4, -0.2) is 174 Å². The molecule has 66 heavy (non-hydrogen) atoms. The van der Waals surface area contributed by atoms with Crippen molar-refractivity contribution in [3.8, 4) is 0 Å². The van der Waals surface area contributed by atoms with Gasteiger partial charge in [0, 0.05) is 47.4 Å². The molecule has 0 saturated carbocycles. The average Bonchev–Trinajstić information content (AvgIpc) is 3.76. The first-order valence-corrected chi connectivity index (χ1v) is 23.7. The van der Waals surface area contributed by atoms with Gasteiger partial charge in [-0.1, -0.05) is 92.6 Å². The molecule has 1 aliphatic rings. The lowest BCUT2D eigenvalue weighted by Gasteiger charge is -2.41. The molecule has 1 aromatic carbocycles. The molecular formula is C50H89N5O11. The van der Waals surface area contributed by atoms with Crippen molar-refractivity contribution in [3.05, 3.63) is 35.9 Å². The Bertz CT molecular complexity index is 1570. The Morgan fingerprint density at radius 2 is 1.39 bits per heavy atom. The van der Waals surface area contributed by atoms with Gasteiger partial charge in [0.25, 0.3) is 0 Å².